The highest BCUT2D eigenvalue weighted by Crippen LogP contribution is 2.22. The Labute approximate surface area is 142 Å². The van der Waals surface area contributed by atoms with Crippen LogP contribution in [0.25, 0.3) is 0 Å². The first-order chi connectivity index (χ1) is 11.2. The Bertz CT molecular complexity index is 886. The van der Waals surface area contributed by atoms with Gasteiger partial charge in [-0.1, -0.05) is 6.07 Å². The van der Waals surface area contributed by atoms with Gasteiger partial charge < -0.3 is 5.32 Å². The number of hydrogen-bond donors (Lipinski definition) is 2. The van der Waals surface area contributed by atoms with E-state index in [4.69, 9.17) is 5.14 Å². The van der Waals surface area contributed by atoms with Crippen LogP contribution in [0.3, 0.4) is 0 Å². The molecule has 3 N–H and O–H groups in total. The predicted octanol–water partition coefficient (Wildman–Crippen LogP) is 2.65. The Kier molecular flexibility index (Phi) is 5.58. The number of hydrogen-bond acceptors (Lipinski definition) is 4. The lowest BCUT2D eigenvalue weighted by atomic mass is 10.2. The third-order valence-corrected chi connectivity index (χ3v) is 5.09. The van der Waals surface area contributed by atoms with E-state index in [2.05, 4.69) is 5.32 Å². The molecule has 0 saturated carbocycles. The Morgan fingerprint density at radius 2 is 1.88 bits per heavy atom. The van der Waals surface area contributed by atoms with Crippen LogP contribution in [0.2, 0.25) is 0 Å². The molecule has 0 heterocycles. The lowest BCUT2D eigenvalue weighted by molar-refractivity contribution is -0.113. The zero-order valence-electron chi connectivity index (χ0n) is 12.5. The highest BCUT2D eigenvalue weighted by Gasteiger charge is 2.13. The van der Waals surface area contributed by atoms with Crippen LogP contribution in [-0.4, -0.2) is 20.1 Å². The molecule has 0 fully saturated rings. The van der Waals surface area contributed by atoms with Gasteiger partial charge in [0.1, 0.15) is 0 Å². The number of sulfonamides is 1. The van der Waals surface area contributed by atoms with Gasteiger partial charge in [-0.3, -0.25) is 4.79 Å². The quantitative estimate of drug-likeness (QED) is 0.790. The second kappa shape index (κ2) is 7.29. The Hall–Kier alpha value is -1.97. The van der Waals surface area contributed by atoms with Crippen LogP contribution < -0.4 is 10.5 Å². The maximum atomic E-state index is 13.1. The SMILES string of the molecule is Cc1ccc(NC(=O)CSc2ccc(F)c(F)c2)cc1S(N)(=O)=O. The van der Waals surface area contributed by atoms with Gasteiger partial charge in [0.25, 0.3) is 0 Å². The highest BCUT2D eigenvalue weighted by molar-refractivity contribution is 8.00. The fourth-order valence-corrected chi connectivity index (χ4v) is 3.43. The summed E-state index contributed by atoms with van der Waals surface area (Å²) in [5.41, 5.74) is 0.743. The number of primary sulfonamides is 1. The summed E-state index contributed by atoms with van der Waals surface area (Å²) in [6.07, 6.45) is 0. The maximum absolute atomic E-state index is 13.1. The summed E-state index contributed by atoms with van der Waals surface area (Å²) < 4.78 is 48.8. The van der Waals surface area contributed by atoms with Crippen LogP contribution in [0.4, 0.5) is 14.5 Å². The van der Waals surface area contributed by atoms with E-state index in [0.717, 1.165) is 23.9 Å². The number of benzene rings is 2. The predicted molar refractivity (Wildman–Crippen MR) is 88.3 cm³/mol. The first-order valence-electron chi connectivity index (χ1n) is 6.68. The lowest BCUT2D eigenvalue weighted by Crippen LogP contribution is -2.17. The van der Waals surface area contributed by atoms with Crippen molar-refractivity contribution in [2.24, 2.45) is 5.14 Å². The number of carbonyl (C=O) groups is 1. The average molecular weight is 372 g/mol. The minimum atomic E-state index is -3.89. The molecule has 0 unspecified atom stereocenters. The molecule has 0 atom stereocenters. The monoisotopic (exact) mass is 372 g/mol. The second-order valence-electron chi connectivity index (χ2n) is 4.94. The van der Waals surface area contributed by atoms with E-state index in [9.17, 15) is 22.0 Å². The van der Waals surface area contributed by atoms with Crippen LogP contribution in [-0.2, 0) is 14.8 Å². The number of halogens is 2. The van der Waals surface area contributed by atoms with Crippen molar-refractivity contribution in [2.75, 3.05) is 11.1 Å². The smallest absolute Gasteiger partial charge is 0.238 e. The summed E-state index contributed by atoms with van der Waals surface area (Å²) in [5.74, 6) is -2.42. The van der Waals surface area contributed by atoms with E-state index in [1.807, 2.05) is 0 Å². The zero-order valence-corrected chi connectivity index (χ0v) is 14.2. The fraction of sp³-hybridized carbons (Fsp3) is 0.133. The van der Waals surface area contributed by atoms with Gasteiger partial charge in [-0.25, -0.2) is 22.3 Å². The Balaban J connectivity index is 2.03. The number of thioether (sulfide) groups is 1. The van der Waals surface area contributed by atoms with Gasteiger partial charge >= 0.3 is 0 Å². The summed E-state index contributed by atoms with van der Waals surface area (Å²) in [7, 11) is -3.89. The van der Waals surface area contributed by atoms with Crippen molar-refractivity contribution in [1.82, 2.24) is 0 Å². The second-order valence-corrected chi connectivity index (χ2v) is 7.52. The van der Waals surface area contributed by atoms with Crippen LogP contribution >= 0.6 is 11.8 Å². The topological polar surface area (TPSA) is 89.3 Å². The number of nitrogens with one attached hydrogen (secondary N) is 1. The lowest BCUT2D eigenvalue weighted by Gasteiger charge is -2.09. The fourth-order valence-electron chi connectivity index (χ4n) is 1.90. The summed E-state index contributed by atoms with van der Waals surface area (Å²) in [6.45, 7) is 1.59. The molecule has 0 saturated heterocycles. The number of carbonyl (C=O) groups excluding carboxylic acids is 1. The van der Waals surface area contributed by atoms with E-state index in [1.54, 1.807) is 13.0 Å². The molecule has 0 bridgehead atoms. The van der Waals surface area contributed by atoms with Crippen LogP contribution in [0, 0.1) is 18.6 Å². The molecule has 0 aliphatic rings. The van der Waals surface area contributed by atoms with Crippen LogP contribution in [0.15, 0.2) is 46.2 Å². The van der Waals surface area contributed by atoms with Gasteiger partial charge in [-0.15, -0.1) is 11.8 Å². The molecule has 1 amide bonds. The summed E-state index contributed by atoms with van der Waals surface area (Å²) in [6, 6.07) is 7.68. The number of amides is 1. The zero-order chi connectivity index (χ0) is 17.9. The number of nitrogens with two attached hydrogens (primary N) is 1. The normalized spacial score (nSPS) is 11.3. The van der Waals surface area contributed by atoms with Crippen molar-refractivity contribution in [2.45, 2.75) is 16.7 Å². The molecule has 0 aliphatic carbocycles. The van der Waals surface area contributed by atoms with E-state index < -0.39 is 27.6 Å². The first-order valence-corrected chi connectivity index (χ1v) is 9.21. The number of aryl methyl sites for hydroxylation is 1. The van der Waals surface area contributed by atoms with Gasteiger partial charge in [0.05, 0.1) is 10.6 Å². The largest absolute Gasteiger partial charge is 0.325 e. The van der Waals surface area contributed by atoms with Crippen LogP contribution in [0.5, 0.6) is 0 Å². The molecule has 2 aromatic carbocycles. The van der Waals surface area contributed by atoms with E-state index in [1.165, 1.54) is 18.2 Å². The number of rotatable bonds is 5. The Morgan fingerprint density at radius 3 is 2.50 bits per heavy atom. The summed E-state index contributed by atoms with van der Waals surface area (Å²) in [4.78, 5) is 12.2. The molecule has 24 heavy (non-hydrogen) atoms. The first kappa shape index (κ1) is 18.4. The van der Waals surface area contributed by atoms with Gasteiger partial charge in [0.15, 0.2) is 11.6 Å². The number of anilines is 1. The van der Waals surface area contributed by atoms with Crippen molar-refractivity contribution in [3.8, 4) is 0 Å². The van der Waals surface area contributed by atoms with Gasteiger partial charge in [-0.2, -0.15) is 0 Å². The summed E-state index contributed by atoms with van der Waals surface area (Å²) >= 11 is 1.02. The van der Waals surface area contributed by atoms with Crippen molar-refractivity contribution >= 4 is 33.4 Å². The minimum Gasteiger partial charge on any atom is -0.325 e. The molecular weight excluding hydrogens is 358 g/mol. The van der Waals surface area contributed by atoms with E-state index >= 15 is 0 Å². The van der Waals surface area contributed by atoms with Gasteiger partial charge in [0.2, 0.25) is 15.9 Å². The third kappa shape index (κ3) is 4.76. The molecular formula is C15H14F2N2O3S2. The maximum Gasteiger partial charge on any atom is 0.238 e. The van der Waals surface area contributed by atoms with Crippen molar-refractivity contribution in [1.29, 1.82) is 0 Å². The Morgan fingerprint density at radius 1 is 1.17 bits per heavy atom. The van der Waals surface area contributed by atoms with Crippen molar-refractivity contribution < 1.29 is 22.0 Å². The molecule has 0 radical (unpaired) electrons. The highest BCUT2D eigenvalue weighted by atomic mass is 32.2. The molecule has 2 rings (SSSR count). The molecule has 128 valence electrons. The molecule has 0 spiro atoms. The molecule has 0 aromatic heterocycles. The third-order valence-electron chi connectivity index (χ3n) is 3.04. The standard InChI is InChI=1S/C15H14F2N2O3S2/c1-9-2-3-10(6-14(9)24(18,21)22)19-15(20)8-23-11-4-5-12(16)13(17)7-11/h2-7H,8H2,1H3,(H,19,20)(H2,18,21,22). The average Bonchev–Trinajstić information content (AvgIpc) is 2.49. The van der Waals surface area contributed by atoms with Crippen LogP contribution in [0.1, 0.15) is 5.56 Å². The van der Waals surface area contributed by atoms with Gasteiger partial charge in [-0.05, 0) is 42.8 Å². The van der Waals surface area contributed by atoms with Gasteiger partial charge in [0, 0.05) is 10.6 Å². The molecule has 5 nitrogen and oxygen atoms in total. The molecule has 2 aromatic rings. The molecule has 0 aliphatic heterocycles. The van der Waals surface area contributed by atoms with Crippen molar-refractivity contribution in [3.05, 3.63) is 53.6 Å². The summed E-state index contributed by atoms with van der Waals surface area (Å²) in [5, 5.41) is 7.64. The van der Waals surface area contributed by atoms with E-state index in [0.29, 0.717) is 10.5 Å². The van der Waals surface area contributed by atoms with Crippen molar-refractivity contribution in [3.63, 3.8) is 0 Å². The molecule has 9 heteroatoms. The van der Waals surface area contributed by atoms with E-state index in [-0.39, 0.29) is 16.3 Å². The minimum absolute atomic E-state index is 0.0519.